The van der Waals surface area contributed by atoms with E-state index >= 15 is 0 Å². The number of hydrogen-bond acceptors (Lipinski definition) is 9. The molecule has 0 saturated carbocycles. The average Bonchev–Trinajstić information content (AvgIpc) is 2.71. The van der Waals surface area contributed by atoms with Crippen LogP contribution in [0.25, 0.3) is 0 Å². The van der Waals surface area contributed by atoms with E-state index in [4.69, 9.17) is 18.1 Å². The lowest BCUT2D eigenvalue weighted by Crippen LogP contribution is -2.12. The van der Waals surface area contributed by atoms with E-state index < -0.39 is 15.2 Å². The lowest BCUT2D eigenvalue weighted by atomic mass is 10.3. The number of aromatic hydroxyl groups is 2. The minimum absolute atomic E-state index is 0.0644. The lowest BCUT2D eigenvalue weighted by Gasteiger charge is -2.19. The van der Waals surface area contributed by atoms with Gasteiger partial charge in [0.15, 0.2) is 0 Å². The maximum atomic E-state index is 13.1. The molecule has 11 heteroatoms. The molecule has 172 valence electrons. The zero-order valence-corrected chi connectivity index (χ0v) is 20.5. The van der Waals surface area contributed by atoms with Crippen LogP contribution in [0.4, 0.5) is 0 Å². The molecule has 2 aromatic rings. The molecule has 2 aromatic carbocycles. The Hall–Kier alpha value is -1.31. The first-order valence-corrected chi connectivity index (χ1v) is 13.8. The standard InChI is InChI=1S/C20H28O8P2S/c1-5-25-29(23,26-6-2)19-13-15(9-11-17(19)21)31-16-10-12-18(22)20(14-16)30(24,27-7-3)28-8-4/h9-14,21-22H,5-8H2,1-4H3. The molecular formula is C20H28O8P2S. The summed E-state index contributed by atoms with van der Waals surface area (Å²) in [7, 11) is -7.38. The minimum atomic E-state index is -3.69. The second-order valence-electron chi connectivity index (χ2n) is 6.07. The molecule has 0 atom stereocenters. The Labute approximate surface area is 186 Å². The summed E-state index contributed by atoms with van der Waals surface area (Å²) in [6.45, 7) is 7.36. The van der Waals surface area contributed by atoms with Crippen LogP contribution in [0.15, 0.2) is 46.2 Å². The van der Waals surface area contributed by atoms with Crippen molar-refractivity contribution in [2.45, 2.75) is 37.5 Å². The highest BCUT2D eigenvalue weighted by molar-refractivity contribution is 7.99. The van der Waals surface area contributed by atoms with E-state index in [0.717, 1.165) is 0 Å². The first kappa shape index (κ1) is 25.9. The zero-order valence-electron chi connectivity index (χ0n) is 17.9. The summed E-state index contributed by atoms with van der Waals surface area (Å²) < 4.78 is 47.5. The summed E-state index contributed by atoms with van der Waals surface area (Å²) in [5.41, 5.74) is 0. The minimum Gasteiger partial charge on any atom is -0.507 e. The van der Waals surface area contributed by atoms with Crippen LogP contribution in [-0.2, 0) is 27.2 Å². The van der Waals surface area contributed by atoms with Crippen molar-refractivity contribution in [2.75, 3.05) is 26.4 Å². The first-order chi connectivity index (χ1) is 14.7. The highest BCUT2D eigenvalue weighted by Gasteiger charge is 2.32. The van der Waals surface area contributed by atoms with Crippen molar-refractivity contribution < 1.29 is 37.4 Å². The fourth-order valence-corrected chi connectivity index (χ4v) is 7.18. The highest BCUT2D eigenvalue weighted by Crippen LogP contribution is 2.51. The lowest BCUT2D eigenvalue weighted by molar-refractivity contribution is 0.228. The summed E-state index contributed by atoms with van der Waals surface area (Å²) in [6.07, 6.45) is 0. The van der Waals surface area contributed by atoms with Crippen LogP contribution in [0.1, 0.15) is 27.7 Å². The van der Waals surface area contributed by atoms with E-state index in [1.54, 1.807) is 39.8 Å². The van der Waals surface area contributed by atoms with Gasteiger partial charge in [0.2, 0.25) is 0 Å². The van der Waals surface area contributed by atoms with Gasteiger partial charge in [-0.25, -0.2) is 0 Å². The SMILES string of the molecule is CCOP(=O)(OCC)c1cc(Sc2ccc(O)c(P(=O)(OCC)OCC)c2)ccc1O. The molecule has 0 bridgehead atoms. The quantitative estimate of drug-likeness (QED) is 0.396. The smallest absolute Gasteiger partial charge is 0.365 e. The second-order valence-corrected chi connectivity index (χ2v) is 11.2. The van der Waals surface area contributed by atoms with Gasteiger partial charge in [-0.15, -0.1) is 0 Å². The largest absolute Gasteiger partial charge is 0.507 e. The van der Waals surface area contributed by atoms with Crippen molar-refractivity contribution >= 4 is 37.6 Å². The molecule has 0 spiro atoms. The third-order valence-corrected chi connectivity index (χ3v) is 9.18. The summed E-state index contributed by atoms with van der Waals surface area (Å²) in [4.78, 5) is 1.26. The van der Waals surface area contributed by atoms with Crippen LogP contribution < -0.4 is 10.6 Å². The molecule has 0 unspecified atom stereocenters. The number of benzene rings is 2. The van der Waals surface area contributed by atoms with Crippen molar-refractivity contribution in [1.82, 2.24) is 0 Å². The monoisotopic (exact) mass is 490 g/mol. The average molecular weight is 490 g/mol. The van der Waals surface area contributed by atoms with Crippen molar-refractivity contribution in [3.05, 3.63) is 36.4 Å². The Bertz CT molecular complexity index is 884. The number of phenols is 2. The van der Waals surface area contributed by atoms with Gasteiger partial charge in [0.25, 0.3) is 0 Å². The molecule has 0 radical (unpaired) electrons. The molecule has 0 aliphatic heterocycles. The van der Waals surface area contributed by atoms with E-state index in [1.807, 2.05) is 0 Å². The normalized spacial score (nSPS) is 12.3. The first-order valence-electron chi connectivity index (χ1n) is 9.86. The van der Waals surface area contributed by atoms with E-state index in [2.05, 4.69) is 0 Å². The topological polar surface area (TPSA) is 112 Å². The third-order valence-electron chi connectivity index (χ3n) is 3.92. The maximum absolute atomic E-state index is 13.1. The Morgan fingerprint density at radius 1 is 0.677 bits per heavy atom. The fraction of sp³-hybridized carbons (Fsp3) is 0.400. The molecular weight excluding hydrogens is 462 g/mol. The molecule has 0 amide bonds. The molecule has 8 nitrogen and oxygen atoms in total. The van der Waals surface area contributed by atoms with Crippen molar-refractivity contribution in [3.8, 4) is 11.5 Å². The van der Waals surface area contributed by atoms with E-state index in [1.165, 1.54) is 36.0 Å². The Morgan fingerprint density at radius 2 is 1.00 bits per heavy atom. The second kappa shape index (κ2) is 11.5. The van der Waals surface area contributed by atoms with Gasteiger partial charge in [-0.2, -0.15) is 0 Å². The summed E-state index contributed by atoms with van der Waals surface area (Å²) >= 11 is 1.25. The molecule has 2 rings (SSSR count). The van der Waals surface area contributed by atoms with Gasteiger partial charge >= 0.3 is 15.2 Å². The third kappa shape index (κ3) is 6.36. The van der Waals surface area contributed by atoms with Crippen molar-refractivity contribution in [1.29, 1.82) is 0 Å². The van der Waals surface area contributed by atoms with E-state index in [-0.39, 0.29) is 48.5 Å². The number of hydrogen-bond donors (Lipinski definition) is 2. The van der Waals surface area contributed by atoms with Crippen LogP contribution in [0, 0.1) is 0 Å². The van der Waals surface area contributed by atoms with Gasteiger partial charge in [-0.05, 0) is 64.1 Å². The van der Waals surface area contributed by atoms with Crippen molar-refractivity contribution in [2.24, 2.45) is 0 Å². The number of phenolic OH excluding ortho intramolecular Hbond substituents is 2. The molecule has 0 saturated heterocycles. The van der Waals surface area contributed by atoms with Gasteiger partial charge < -0.3 is 28.3 Å². The predicted molar refractivity (Wildman–Crippen MR) is 121 cm³/mol. The number of rotatable bonds is 12. The Morgan fingerprint density at radius 3 is 1.29 bits per heavy atom. The summed E-state index contributed by atoms with van der Waals surface area (Å²) in [6, 6.07) is 9.17. The molecule has 31 heavy (non-hydrogen) atoms. The Kier molecular flexibility index (Phi) is 9.65. The predicted octanol–water partition coefficient (Wildman–Crippen LogP) is 5.03. The highest BCUT2D eigenvalue weighted by atomic mass is 32.2. The van der Waals surface area contributed by atoms with Crippen LogP contribution >= 0.6 is 27.0 Å². The van der Waals surface area contributed by atoms with Crippen LogP contribution in [0.2, 0.25) is 0 Å². The molecule has 0 fully saturated rings. The molecule has 0 heterocycles. The van der Waals surface area contributed by atoms with E-state index in [9.17, 15) is 19.3 Å². The molecule has 2 N–H and O–H groups in total. The summed E-state index contributed by atoms with van der Waals surface area (Å²) in [5.74, 6) is -0.392. The molecule has 0 aromatic heterocycles. The maximum Gasteiger partial charge on any atom is 0.365 e. The van der Waals surface area contributed by atoms with Crippen molar-refractivity contribution in [3.63, 3.8) is 0 Å². The van der Waals surface area contributed by atoms with Crippen LogP contribution in [-0.4, -0.2) is 36.6 Å². The van der Waals surface area contributed by atoms with Crippen LogP contribution in [0.5, 0.6) is 11.5 Å². The Balaban J connectivity index is 2.44. The van der Waals surface area contributed by atoms with Gasteiger partial charge in [0, 0.05) is 9.79 Å². The fourth-order valence-electron chi connectivity index (χ4n) is 2.74. The molecule has 0 aliphatic carbocycles. The van der Waals surface area contributed by atoms with Gasteiger partial charge in [0.1, 0.15) is 22.1 Å². The van der Waals surface area contributed by atoms with Gasteiger partial charge in [-0.1, -0.05) is 11.8 Å². The van der Waals surface area contributed by atoms with E-state index in [0.29, 0.717) is 9.79 Å². The van der Waals surface area contributed by atoms with Crippen LogP contribution in [0.3, 0.4) is 0 Å². The zero-order chi connectivity index (χ0) is 23.1. The summed E-state index contributed by atoms with van der Waals surface area (Å²) in [5, 5.41) is 20.6. The van der Waals surface area contributed by atoms with Gasteiger partial charge in [0.05, 0.1) is 26.4 Å². The van der Waals surface area contributed by atoms with Gasteiger partial charge in [-0.3, -0.25) is 9.13 Å². The molecule has 0 aliphatic rings.